The first-order valence-electron chi connectivity index (χ1n) is 8.50. The molecule has 21 heavy (non-hydrogen) atoms. The van der Waals surface area contributed by atoms with Gasteiger partial charge in [0.15, 0.2) is 0 Å². The molecule has 2 saturated heterocycles. The molecule has 2 fully saturated rings. The first kappa shape index (κ1) is 16.7. The van der Waals surface area contributed by atoms with E-state index in [1.807, 2.05) is 6.92 Å². The molecule has 1 N–H and O–H groups in total. The minimum atomic E-state index is 0.0979. The molecule has 2 rings (SSSR count). The van der Waals surface area contributed by atoms with E-state index in [0.717, 1.165) is 71.2 Å². The molecule has 0 bridgehead atoms. The summed E-state index contributed by atoms with van der Waals surface area (Å²) < 4.78 is 5.40. The number of rotatable bonds is 6. The molecule has 0 aromatic carbocycles. The zero-order valence-corrected chi connectivity index (χ0v) is 13.6. The van der Waals surface area contributed by atoms with Crippen molar-refractivity contribution in [3.05, 3.63) is 0 Å². The number of morpholine rings is 1. The molecule has 2 heterocycles. The highest BCUT2D eigenvalue weighted by Crippen LogP contribution is 2.20. The number of ether oxygens (including phenoxy) is 1. The van der Waals surface area contributed by atoms with Crippen LogP contribution in [-0.4, -0.2) is 74.7 Å². The third-order valence-corrected chi connectivity index (χ3v) is 4.67. The second-order valence-electron chi connectivity index (χ2n) is 6.39. The van der Waals surface area contributed by atoms with E-state index in [4.69, 9.17) is 4.74 Å². The highest BCUT2D eigenvalue weighted by atomic mass is 16.5. The molecule has 5 heteroatoms. The first-order valence-corrected chi connectivity index (χ1v) is 8.50. The number of hydrogen-bond acceptors (Lipinski definition) is 4. The summed E-state index contributed by atoms with van der Waals surface area (Å²) in [5.41, 5.74) is 0. The molecular formula is C16H31N3O2. The fraction of sp³-hybridized carbons (Fsp3) is 0.938. The number of nitrogens with zero attached hydrogens (tertiary/aromatic N) is 2. The molecule has 122 valence electrons. The summed E-state index contributed by atoms with van der Waals surface area (Å²) in [7, 11) is 0. The summed E-state index contributed by atoms with van der Waals surface area (Å²) in [6.07, 6.45) is 2.30. The van der Waals surface area contributed by atoms with Gasteiger partial charge in [0.05, 0.1) is 13.2 Å². The lowest BCUT2D eigenvalue weighted by Gasteiger charge is -2.37. The molecule has 1 atom stereocenters. The standard InChI is InChI=1S/C16H31N3O2/c1-3-17-12-14(2)16(20)19-6-4-15(5-7-19)13-18-8-10-21-11-9-18/h14-15,17H,3-13H2,1-2H3. The maximum Gasteiger partial charge on any atom is 0.226 e. The Kier molecular flexibility index (Phi) is 6.93. The van der Waals surface area contributed by atoms with Gasteiger partial charge in [-0.15, -0.1) is 0 Å². The van der Waals surface area contributed by atoms with Gasteiger partial charge in [0, 0.05) is 45.2 Å². The van der Waals surface area contributed by atoms with Crippen molar-refractivity contribution in [3.63, 3.8) is 0 Å². The summed E-state index contributed by atoms with van der Waals surface area (Å²) in [5, 5.41) is 3.26. The topological polar surface area (TPSA) is 44.8 Å². The SMILES string of the molecule is CCNCC(C)C(=O)N1CCC(CN2CCOCC2)CC1. The molecule has 0 aliphatic carbocycles. The minimum Gasteiger partial charge on any atom is -0.379 e. The van der Waals surface area contributed by atoms with Crippen molar-refractivity contribution < 1.29 is 9.53 Å². The Hall–Kier alpha value is -0.650. The van der Waals surface area contributed by atoms with Crippen LogP contribution in [0.25, 0.3) is 0 Å². The predicted octanol–water partition coefficient (Wildman–Crippen LogP) is 0.803. The Morgan fingerprint density at radius 2 is 1.90 bits per heavy atom. The Labute approximate surface area is 129 Å². The third-order valence-electron chi connectivity index (χ3n) is 4.67. The van der Waals surface area contributed by atoms with Crippen molar-refractivity contribution >= 4 is 5.91 Å². The quantitative estimate of drug-likeness (QED) is 0.788. The zero-order chi connectivity index (χ0) is 15.1. The van der Waals surface area contributed by atoms with Gasteiger partial charge in [-0.25, -0.2) is 0 Å². The predicted molar refractivity (Wildman–Crippen MR) is 84.3 cm³/mol. The molecule has 0 spiro atoms. The van der Waals surface area contributed by atoms with Crippen molar-refractivity contribution in [3.8, 4) is 0 Å². The maximum atomic E-state index is 12.4. The molecule has 5 nitrogen and oxygen atoms in total. The van der Waals surface area contributed by atoms with Crippen molar-refractivity contribution in [2.75, 3.05) is 59.0 Å². The van der Waals surface area contributed by atoms with Gasteiger partial charge in [0.1, 0.15) is 0 Å². The Morgan fingerprint density at radius 1 is 1.24 bits per heavy atom. The molecule has 0 saturated carbocycles. The smallest absolute Gasteiger partial charge is 0.226 e. The van der Waals surface area contributed by atoms with Crippen LogP contribution in [0.5, 0.6) is 0 Å². The van der Waals surface area contributed by atoms with Gasteiger partial charge < -0.3 is 15.0 Å². The van der Waals surface area contributed by atoms with E-state index in [1.54, 1.807) is 0 Å². The molecule has 1 amide bonds. The van der Waals surface area contributed by atoms with Crippen LogP contribution in [0.4, 0.5) is 0 Å². The highest BCUT2D eigenvalue weighted by molar-refractivity contribution is 5.78. The number of carbonyl (C=O) groups is 1. The van der Waals surface area contributed by atoms with E-state index < -0.39 is 0 Å². The summed E-state index contributed by atoms with van der Waals surface area (Å²) in [6, 6.07) is 0. The molecule has 1 unspecified atom stereocenters. The fourth-order valence-electron chi connectivity index (χ4n) is 3.24. The minimum absolute atomic E-state index is 0.0979. The van der Waals surface area contributed by atoms with Crippen molar-refractivity contribution in [1.29, 1.82) is 0 Å². The summed E-state index contributed by atoms with van der Waals surface area (Å²) in [6.45, 7) is 12.8. The lowest BCUT2D eigenvalue weighted by Crippen LogP contribution is -2.46. The van der Waals surface area contributed by atoms with Gasteiger partial charge in [-0.2, -0.15) is 0 Å². The van der Waals surface area contributed by atoms with E-state index in [1.165, 1.54) is 6.54 Å². The second-order valence-corrected chi connectivity index (χ2v) is 6.39. The van der Waals surface area contributed by atoms with Gasteiger partial charge in [-0.1, -0.05) is 13.8 Å². The van der Waals surface area contributed by atoms with Crippen LogP contribution >= 0.6 is 0 Å². The van der Waals surface area contributed by atoms with Gasteiger partial charge in [-0.3, -0.25) is 9.69 Å². The maximum absolute atomic E-state index is 12.4. The Bertz CT molecular complexity index is 311. The van der Waals surface area contributed by atoms with E-state index in [-0.39, 0.29) is 5.92 Å². The van der Waals surface area contributed by atoms with E-state index in [9.17, 15) is 4.79 Å². The first-order chi connectivity index (χ1) is 10.2. The van der Waals surface area contributed by atoms with Crippen LogP contribution in [0.3, 0.4) is 0 Å². The number of carbonyl (C=O) groups excluding carboxylic acids is 1. The number of nitrogens with one attached hydrogen (secondary N) is 1. The van der Waals surface area contributed by atoms with Gasteiger partial charge in [0.2, 0.25) is 5.91 Å². The Morgan fingerprint density at radius 3 is 2.52 bits per heavy atom. The van der Waals surface area contributed by atoms with E-state index >= 15 is 0 Å². The molecule has 0 aromatic heterocycles. The van der Waals surface area contributed by atoms with Crippen LogP contribution in [-0.2, 0) is 9.53 Å². The van der Waals surface area contributed by atoms with Gasteiger partial charge in [0.25, 0.3) is 0 Å². The summed E-state index contributed by atoms with van der Waals surface area (Å²) in [5.74, 6) is 1.16. The van der Waals surface area contributed by atoms with Crippen molar-refractivity contribution in [2.24, 2.45) is 11.8 Å². The Balaban J connectivity index is 1.68. The normalized spacial score (nSPS) is 23.2. The third kappa shape index (κ3) is 5.24. The average molecular weight is 297 g/mol. The second kappa shape index (κ2) is 8.71. The van der Waals surface area contributed by atoms with Gasteiger partial charge >= 0.3 is 0 Å². The van der Waals surface area contributed by atoms with Crippen LogP contribution < -0.4 is 5.32 Å². The number of hydrogen-bond donors (Lipinski definition) is 1. The van der Waals surface area contributed by atoms with E-state index in [2.05, 4.69) is 22.0 Å². The molecule has 0 radical (unpaired) electrons. The van der Waals surface area contributed by atoms with Crippen molar-refractivity contribution in [2.45, 2.75) is 26.7 Å². The number of piperidine rings is 1. The molecular weight excluding hydrogens is 266 g/mol. The monoisotopic (exact) mass is 297 g/mol. The van der Waals surface area contributed by atoms with Crippen LogP contribution in [0.2, 0.25) is 0 Å². The summed E-state index contributed by atoms with van der Waals surface area (Å²) in [4.78, 5) is 16.9. The van der Waals surface area contributed by atoms with E-state index in [0.29, 0.717) is 5.91 Å². The lowest BCUT2D eigenvalue weighted by atomic mass is 9.95. The van der Waals surface area contributed by atoms with Crippen LogP contribution in [0.1, 0.15) is 26.7 Å². The molecule has 2 aliphatic rings. The van der Waals surface area contributed by atoms with Crippen molar-refractivity contribution in [1.82, 2.24) is 15.1 Å². The van der Waals surface area contributed by atoms with Gasteiger partial charge in [-0.05, 0) is 25.3 Å². The molecule has 2 aliphatic heterocycles. The van der Waals surface area contributed by atoms with Crippen LogP contribution in [0, 0.1) is 11.8 Å². The zero-order valence-electron chi connectivity index (χ0n) is 13.6. The largest absolute Gasteiger partial charge is 0.379 e. The highest BCUT2D eigenvalue weighted by Gasteiger charge is 2.27. The lowest BCUT2D eigenvalue weighted by molar-refractivity contribution is -0.136. The fourth-order valence-corrected chi connectivity index (χ4v) is 3.24. The average Bonchev–Trinajstić information content (AvgIpc) is 2.53. The molecule has 0 aromatic rings. The number of likely N-dealkylation sites (tertiary alicyclic amines) is 1. The van der Waals surface area contributed by atoms with Crippen LogP contribution in [0.15, 0.2) is 0 Å². The summed E-state index contributed by atoms with van der Waals surface area (Å²) >= 11 is 0. The number of amides is 1.